The van der Waals surface area contributed by atoms with E-state index in [0.29, 0.717) is 6.42 Å². The van der Waals surface area contributed by atoms with Crippen molar-refractivity contribution in [3.05, 3.63) is 18.2 Å². The van der Waals surface area contributed by atoms with Crippen LogP contribution >= 0.6 is 0 Å². The van der Waals surface area contributed by atoms with Crippen molar-refractivity contribution in [3.63, 3.8) is 0 Å². The molecule has 0 aromatic carbocycles. The third-order valence-corrected chi connectivity index (χ3v) is 3.61. The zero-order valence-corrected chi connectivity index (χ0v) is 11.3. The Morgan fingerprint density at radius 3 is 2.56 bits per heavy atom. The van der Waals surface area contributed by atoms with Crippen LogP contribution in [0, 0.1) is 6.92 Å². The molecule has 18 heavy (non-hydrogen) atoms. The van der Waals surface area contributed by atoms with Crippen LogP contribution < -0.4 is 0 Å². The molecule has 2 heterocycles. The topological polar surface area (TPSA) is 41.4 Å². The molecule has 1 fully saturated rings. The lowest BCUT2D eigenvalue weighted by Crippen LogP contribution is -2.49. The Kier molecular flexibility index (Phi) is 4.36. The summed E-state index contributed by atoms with van der Waals surface area (Å²) < 4.78 is 2.17. The second-order valence-corrected chi connectivity index (χ2v) is 4.74. The molecule has 1 aliphatic rings. The third-order valence-electron chi connectivity index (χ3n) is 3.61. The number of carbonyl (C=O) groups excluding carboxylic acids is 1. The van der Waals surface area contributed by atoms with E-state index >= 15 is 0 Å². The van der Waals surface area contributed by atoms with Crippen LogP contribution in [0.3, 0.4) is 0 Å². The number of nitrogens with zero attached hydrogens (tertiary/aromatic N) is 4. The summed E-state index contributed by atoms with van der Waals surface area (Å²) in [5.41, 5.74) is 0. The molecule has 5 heteroatoms. The van der Waals surface area contributed by atoms with Gasteiger partial charge in [-0.25, -0.2) is 4.98 Å². The summed E-state index contributed by atoms with van der Waals surface area (Å²) in [6, 6.07) is 0. The van der Waals surface area contributed by atoms with Crippen LogP contribution in [0.1, 0.15) is 19.2 Å². The Bertz CT molecular complexity index is 393. The minimum Gasteiger partial charge on any atom is -0.340 e. The molecule has 1 aliphatic heterocycles. The number of imidazole rings is 1. The smallest absolute Gasteiger partial charge is 0.222 e. The number of aryl methyl sites for hydroxylation is 1. The largest absolute Gasteiger partial charge is 0.340 e. The zero-order chi connectivity index (χ0) is 13.0. The molecule has 0 unspecified atom stereocenters. The van der Waals surface area contributed by atoms with Crippen LogP contribution in [-0.2, 0) is 11.3 Å². The van der Waals surface area contributed by atoms with E-state index in [2.05, 4.69) is 14.5 Å². The fourth-order valence-corrected chi connectivity index (χ4v) is 2.33. The summed E-state index contributed by atoms with van der Waals surface area (Å²) in [4.78, 5) is 20.2. The Labute approximate surface area is 108 Å². The lowest BCUT2D eigenvalue weighted by atomic mass is 10.3. The molecule has 5 nitrogen and oxygen atoms in total. The highest BCUT2D eigenvalue weighted by Gasteiger charge is 2.19. The van der Waals surface area contributed by atoms with Crippen molar-refractivity contribution in [1.82, 2.24) is 19.4 Å². The van der Waals surface area contributed by atoms with Gasteiger partial charge in [0.1, 0.15) is 5.82 Å². The van der Waals surface area contributed by atoms with E-state index in [4.69, 9.17) is 0 Å². The monoisotopic (exact) mass is 250 g/mol. The molecule has 0 spiro atoms. The van der Waals surface area contributed by atoms with Crippen LogP contribution in [0.4, 0.5) is 0 Å². The summed E-state index contributed by atoms with van der Waals surface area (Å²) in [6.45, 7) is 9.68. The second-order valence-electron chi connectivity index (χ2n) is 4.74. The highest BCUT2D eigenvalue weighted by molar-refractivity contribution is 5.75. The minimum absolute atomic E-state index is 0.278. The predicted octanol–water partition coefficient (Wildman–Crippen LogP) is 0.746. The maximum atomic E-state index is 11.6. The average Bonchev–Trinajstić information content (AvgIpc) is 2.81. The Morgan fingerprint density at radius 2 is 2.00 bits per heavy atom. The highest BCUT2D eigenvalue weighted by atomic mass is 16.2. The number of carbonyl (C=O) groups is 1. The Hall–Kier alpha value is -1.36. The van der Waals surface area contributed by atoms with E-state index in [9.17, 15) is 4.79 Å². The van der Waals surface area contributed by atoms with Crippen molar-refractivity contribution in [2.75, 3.05) is 32.7 Å². The first-order chi connectivity index (χ1) is 8.70. The van der Waals surface area contributed by atoms with E-state index < -0.39 is 0 Å². The number of hydrogen-bond donors (Lipinski definition) is 0. The molecule has 0 saturated carbocycles. The van der Waals surface area contributed by atoms with Gasteiger partial charge in [0, 0.05) is 58.1 Å². The standard InChI is InChI=1S/C13H22N4O/c1-3-13(18)17-10-7-15(8-11-17)6-9-16-5-4-14-12(16)2/h4-5H,3,6-11H2,1-2H3. The van der Waals surface area contributed by atoms with Crippen LogP contribution in [0.25, 0.3) is 0 Å². The fourth-order valence-electron chi connectivity index (χ4n) is 2.33. The quantitative estimate of drug-likeness (QED) is 0.791. The van der Waals surface area contributed by atoms with Crippen molar-refractivity contribution in [3.8, 4) is 0 Å². The molecule has 100 valence electrons. The maximum Gasteiger partial charge on any atom is 0.222 e. The van der Waals surface area contributed by atoms with Crippen LogP contribution in [0.5, 0.6) is 0 Å². The molecular formula is C13H22N4O. The molecule has 1 aromatic rings. The summed E-state index contributed by atoms with van der Waals surface area (Å²) >= 11 is 0. The van der Waals surface area contributed by atoms with Gasteiger partial charge >= 0.3 is 0 Å². The van der Waals surface area contributed by atoms with Gasteiger partial charge in [-0.1, -0.05) is 6.92 Å². The van der Waals surface area contributed by atoms with E-state index in [1.54, 1.807) is 0 Å². The van der Waals surface area contributed by atoms with Gasteiger partial charge in [-0.2, -0.15) is 0 Å². The van der Waals surface area contributed by atoms with Crippen molar-refractivity contribution in [1.29, 1.82) is 0 Å². The number of amides is 1. The van der Waals surface area contributed by atoms with Crippen molar-refractivity contribution in [2.45, 2.75) is 26.8 Å². The average molecular weight is 250 g/mol. The number of rotatable bonds is 4. The van der Waals surface area contributed by atoms with Crippen LogP contribution in [0.15, 0.2) is 12.4 Å². The molecule has 1 amide bonds. The van der Waals surface area contributed by atoms with Crippen LogP contribution in [-0.4, -0.2) is 58.0 Å². The molecule has 0 bridgehead atoms. The van der Waals surface area contributed by atoms with Crippen LogP contribution in [0.2, 0.25) is 0 Å². The molecule has 1 aromatic heterocycles. The lowest BCUT2D eigenvalue weighted by molar-refractivity contribution is -0.132. The van der Waals surface area contributed by atoms with Crippen molar-refractivity contribution in [2.24, 2.45) is 0 Å². The second kappa shape index (κ2) is 6.00. The molecule has 0 atom stereocenters. The predicted molar refractivity (Wildman–Crippen MR) is 70.3 cm³/mol. The molecule has 0 radical (unpaired) electrons. The van der Waals surface area contributed by atoms with Gasteiger partial charge in [-0.3, -0.25) is 9.69 Å². The van der Waals surface area contributed by atoms with Gasteiger partial charge in [0.05, 0.1) is 0 Å². The Balaban J connectivity index is 1.74. The third kappa shape index (κ3) is 3.10. The summed E-state index contributed by atoms with van der Waals surface area (Å²) in [6.07, 6.45) is 4.48. The fraction of sp³-hybridized carbons (Fsp3) is 0.692. The van der Waals surface area contributed by atoms with Gasteiger partial charge < -0.3 is 9.47 Å². The summed E-state index contributed by atoms with van der Waals surface area (Å²) in [7, 11) is 0. The first kappa shape index (κ1) is 13.1. The Morgan fingerprint density at radius 1 is 1.28 bits per heavy atom. The number of aromatic nitrogens is 2. The number of hydrogen-bond acceptors (Lipinski definition) is 3. The van der Waals surface area contributed by atoms with Crippen molar-refractivity contribution < 1.29 is 4.79 Å². The number of piperazine rings is 1. The van der Waals surface area contributed by atoms with Gasteiger partial charge in [0.25, 0.3) is 0 Å². The SMILES string of the molecule is CCC(=O)N1CCN(CCn2ccnc2C)CC1. The minimum atomic E-state index is 0.278. The first-order valence-electron chi connectivity index (χ1n) is 6.68. The van der Waals surface area contributed by atoms with E-state index in [1.165, 1.54) is 0 Å². The van der Waals surface area contributed by atoms with Crippen molar-refractivity contribution >= 4 is 5.91 Å². The zero-order valence-electron chi connectivity index (χ0n) is 11.3. The van der Waals surface area contributed by atoms with E-state index in [0.717, 1.165) is 45.1 Å². The van der Waals surface area contributed by atoms with Gasteiger partial charge in [-0.05, 0) is 6.92 Å². The maximum absolute atomic E-state index is 11.6. The molecule has 0 aliphatic carbocycles. The van der Waals surface area contributed by atoms with Gasteiger partial charge in [0.15, 0.2) is 0 Å². The van der Waals surface area contributed by atoms with E-state index in [1.807, 2.05) is 31.1 Å². The summed E-state index contributed by atoms with van der Waals surface area (Å²) in [5, 5.41) is 0. The first-order valence-corrected chi connectivity index (χ1v) is 6.68. The molecular weight excluding hydrogens is 228 g/mol. The molecule has 1 saturated heterocycles. The summed E-state index contributed by atoms with van der Waals surface area (Å²) in [5.74, 6) is 1.34. The molecule has 2 rings (SSSR count). The van der Waals surface area contributed by atoms with E-state index in [-0.39, 0.29) is 5.91 Å². The normalized spacial score (nSPS) is 17.1. The van der Waals surface area contributed by atoms with Gasteiger partial charge in [-0.15, -0.1) is 0 Å². The highest BCUT2D eigenvalue weighted by Crippen LogP contribution is 2.04. The lowest BCUT2D eigenvalue weighted by Gasteiger charge is -2.34. The molecule has 0 N–H and O–H groups in total. The van der Waals surface area contributed by atoms with Gasteiger partial charge in [0.2, 0.25) is 5.91 Å².